The number of thiophene rings is 1. The molecule has 0 fully saturated rings. The first-order chi connectivity index (χ1) is 9.78. The first kappa shape index (κ1) is 11.7. The van der Waals surface area contributed by atoms with Crippen molar-refractivity contribution in [1.29, 1.82) is 0 Å². The Balaban J connectivity index is 2.21. The quantitative estimate of drug-likeness (QED) is 0.480. The zero-order valence-electron chi connectivity index (χ0n) is 11.4. The predicted molar refractivity (Wildman–Crippen MR) is 84.6 cm³/mol. The zero-order chi connectivity index (χ0) is 13.7. The molecule has 4 rings (SSSR count). The topological polar surface area (TPSA) is 13.1 Å². The van der Waals surface area contributed by atoms with Crippen molar-refractivity contribution in [3.8, 4) is 5.75 Å². The molecule has 0 atom stereocenters. The average molecular weight is 280 g/mol. The molecule has 2 nitrogen and oxygen atoms in total. The van der Waals surface area contributed by atoms with Crippen LogP contribution in [0.4, 0.5) is 0 Å². The van der Waals surface area contributed by atoms with Gasteiger partial charge in [-0.05, 0) is 30.3 Å². The van der Waals surface area contributed by atoms with Gasteiger partial charge in [0.2, 0.25) is 11.0 Å². The first-order valence-electron chi connectivity index (χ1n) is 6.56. The minimum Gasteiger partial charge on any atom is -0.497 e. The summed E-state index contributed by atoms with van der Waals surface area (Å²) in [4.78, 5) is 0. The largest absolute Gasteiger partial charge is 0.497 e. The third-order valence-electron chi connectivity index (χ3n) is 3.82. The Labute approximate surface area is 120 Å². The van der Waals surface area contributed by atoms with E-state index in [0.29, 0.717) is 0 Å². The minimum absolute atomic E-state index is 0.913. The normalized spacial score (nSPS) is 11.5. The molecule has 0 saturated carbocycles. The number of pyridine rings is 1. The standard InChI is InChI=1S/C17H14NOS/c1-18-14-6-4-3-5-11(14)9-16-17(18)13-8-7-12(19-2)10-15(13)20-16/h3-10H,1-2H3/q+1. The fourth-order valence-corrected chi connectivity index (χ4v) is 4.05. The number of ether oxygens (including phenoxy) is 1. The lowest BCUT2D eigenvalue weighted by Crippen LogP contribution is -2.29. The molecule has 0 aliphatic carbocycles. The molecule has 2 aromatic heterocycles. The van der Waals surface area contributed by atoms with Gasteiger partial charge in [-0.1, -0.05) is 12.1 Å². The van der Waals surface area contributed by atoms with Crippen molar-refractivity contribution in [2.24, 2.45) is 7.05 Å². The third-order valence-corrected chi connectivity index (χ3v) is 4.91. The highest BCUT2D eigenvalue weighted by Gasteiger charge is 2.17. The van der Waals surface area contributed by atoms with Crippen LogP contribution in [0.5, 0.6) is 5.75 Å². The van der Waals surface area contributed by atoms with Crippen LogP contribution in [-0.4, -0.2) is 7.11 Å². The van der Waals surface area contributed by atoms with Gasteiger partial charge >= 0.3 is 0 Å². The summed E-state index contributed by atoms with van der Waals surface area (Å²) >= 11 is 1.82. The highest BCUT2D eigenvalue weighted by molar-refractivity contribution is 7.25. The SMILES string of the molecule is COc1ccc2c(c1)sc1cc3ccccc3[n+](C)c12. The van der Waals surface area contributed by atoms with E-state index in [-0.39, 0.29) is 0 Å². The Bertz CT molecular complexity index is 955. The van der Waals surface area contributed by atoms with Crippen LogP contribution in [0.25, 0.3) is 31.2 Å². The van der Waals surface area contributed by atoms with Crippen LogP contribution in [0.1, 0.15) is 0 Å². The number of fused-ring (bicyclic) bond motifs is 4. The summed E-state index contributed by atoms with van der Waals surface area (Å²) in [6.45, 7) is 0. The van der Waals surface area contributed by atoms with Crippen molar-refractivity contribution in [2.45, 2.75) is 0 Å². The van der Waals surface area contributed by atoms with E-state index in [1.54, 1.807) is 7.11 Å². The molecule has 0 amide bonds. The number of hydrogen-bond acceptors (Lipinski definition) is 2. The Hall–Kier alpha value is -2.13. The molecule has 0 bridgehead atoms. The van der Waals surface area contributed by atoms with E-state index in [0.717, 1.165) is 5.75 Å². The van der Waals surface area contributed by atoms with E-state index < -0.39 is 0 Å². The molecule has 0 saturated heterocycles. The van der Waals surface area contributed by atoms with Crippen LogP contribution in [0.3, 0.4) is 0 Å². The van der Waals surface area contributed by atoms with Crippen molar-refractivity contribution in [2.75, 3.05) is 7.11 Å². The van der Waals surface area contributed by atoms with Gasteiger partial charge in [0.05, 0.1) is 12.5 Å². The van der Waals surface area contributed by atoms with Crippen LogP contribution in [0.2, 0.25) is 0 Å². The van der Waals surface area contributed by atoms with Crippen LogP contribution >= 0.6 is 11.3 Å². The second-order valence-electron chi connectivity index (χ2n) is 4.94. The van der Waals surface area contributed by atoms with Gasteiger partial charge < -0.3 is 4.74 Å². The van der Waals surface area contributed by atoms with E-state index in [2.05, 4.69) is 54.1 Å². The van der Waals surface area contributed by atoms with E-state index in [4.69, 9.17) is 4.74 Å². The molecular formula is C17H14NOS+. The van der Waals surface area contributed by atoms with Crippen LogP contribution in [0.15, 0.2) is 48.5 Å². The zero-order valence-corrected chi connectivity index (χ0v) is 12.2. The summed E-state index contributed by atoms with van der Waals surface area (Å²) in [6, 6.07) is 17.1. The fraction of sp³-hybridized carbons (Fsp3) is 0.118. The molecular weight excluding hydrogens is 266 g/mol. The fourth-order valence-electron chi connectivity index (χ4n) is 2.83. The van der Waals surface area contributed by atoms with Crippen molar-refractivity contribution in [3.05, 3.63) is 48.5 Å². The lowest BCUT2D eigenvalue weighted by molar-refractivity contribution is -0.616. The minimum atomic E-state index is 0.913. The number of methoxy groups -OCH3 is 1. The van der Waals surface area contributed by atoms with Crippen LogP contribution in [-0.2, 0) is 7.05 Å². The number of benzene rings is 2. The number of aryl methyl sites for hydroxylation is 1. The summed E-state index contributed by atoms with van der Waals surface area (Å²) in [5, 5.41) is 2.57. The Kier molecular flexibility index (Phi) is 2.44. The molecule has 3 heteroatoms. The maximum absolute atomic E-state index is 5.33. The van der Waals surface area contributed by atoms with Crippen molar-refractivity contribution in [3.63, 3.8) is 0 Å². The van der Waals surface area contributed by atoms with Gasteiger partial charge in [-0.25, -0.2) is 0 Å². The molecule has 2 aromatic carbocycles. The molecule has 0 N–H and O–H groups in total. The van der Waals surface area contributed by atoms with Crippen molar-refractivity contribution >= 4 is 42.5 Å². The number of rotatable bonds is 1. The van der Waals surface area contributed by atoms with Gasteiger partial charge in [-0.3, -0.25) is 0 Å². The summed E-state index contributed by atoms with van der Waals surface area (Å²) < 4.78 is 10.2. The number of hydrogen-bond donors (Lipinski definition) is 0. The summed E-state index contributed by atoms with van der Waals surface area (Å²) in [5.74, 6) is 0.913. The average Bonchev–Trinajstić information content (AvgIpc) is 2.84. The second kappa shape index (κ2) is 4.18. The van der Waals surface area contributed by atoms with Crippen molar-refractivity contribution in [1.82, 2.24) is 0 Å². The van der Waals surface area contributed by atoms with E-state index in [9.17, 15) is 0 Å². The maximum Gasteiger partial charge on any atom is 0.231 e. The molecule has 0 spiro atoms. The number of para-hydroxylation sites is 1. The molecule has 4 aromatic rings. The summed E-state index contributed by atoms with van der Waals surface area (Å²) in [5.41, 5.74) is 2.56. The lowest BCUT2D eigenvalue weighted by atomic mass is 10.1. The van der Waals surface area contributed by atoms with Crippen LogP contribution in [0, 0.1) is 0 Å². The highest BCUT2D eigenvalue weighted by atomic mass is 32.1. The van der Waals surface area contributed by atoms with Gasteiger partial charge in [0, 0.05) is 16.2 Å². The van der Waals surface area contributed by atoms with Crippen LogP contribution < -0.4 is 9.30 Å². The third kappa shape index (κ3) is 1.53. The summed E-state index contributed by atoms with van der Waals surface area (Å²) in [7, 11) is 3.85. The maximum atomic E-state index is 5.33. The van der Waals surface area contributed by atoms with Crippen molar-refractivity contribution < 1.29 is 9.30 Å². The Morgan fingerprint density at radius 1 is 1.00 bits per heavy atom. The molecule has 0 radical (unpaired) electrons. The Morgan fingerprint density at radius 2 is 1.85 bits per heavy atom. The number of nitrogens with zero attached hydrogens (tertiary/aromatic N) is 1. The van der Waals surface area contributed by atoms with Gasteiger partial charge in [0.25, 0.3) is 0 Å². The van der Waals surface area contributed by atoms with Gasteiger partial charge in [0.15, 0.2) is 0 Å². The lowest BCUT2D eigenvalue weighted by Gasteiger charge is -1.99. The molecule has 0 aliphatic rings. The summed E-state index contributed by atoms with van der Waals surface area (Å²) in [6.07, 6.45) is 0. The van der Waals surface area contributed by atoms with Gasteiger partial charge in [-0.2, -0.15) is 4.57 Å². The molecule has 98 valence electrons. The molecule has 2 heterocycles. The monoisotopic (exact) mass is 280 g/mol. The molecule has 20 heavy (non-hydrogen) atoms. The molecule has 0 aliphatic heterocycles. The second-order valence-corrected chi connectivity index (χ2v) is 6.02. The Morgan fingerprint density at radius 3 is 2.70 bits per heavy atom. The van der Waals surface area contributed by atoms with E-state index >= 15 is 0 Å². The van der Waals surface area contributed by atoms with E-state index in [1.807, 2.05) is 17.4 Å². The molecule has 0 unspecified atom stereocenters. The van der Waals surface area contributed by atoms with Gasteiger partial charge in [0.1, 0.15) is 17.5 Å². The smallest absolute Gasteiger partial charge is 0.231 e. The van der Waals surface area contributed by atoms with Gasteiger partial charge in [-0.15, -0.1) is 11.3 Å². The number of aromatic nitrogens is 1. The highest BCUT2D eigenvalue weighted by Crippen LogP contribution is 2.35. The predicted octanol–water partition coefficient (Wildman–Crippen LogP) is 4.04. The van der Waals surface area contributed by atoms with E-state index in [1.165, 1.54) is 31.2 Å². The first-order valence-corrected chi connectivity index (χ1v) is 7.37.